The van der Waals surface area contributed by atoms with Crippen molar-refractivity contribution < 1.29 is 28.5 Å². The Morgan fingerprint density at radius 2 is 1.62 bits per heavy atom. The van der Waals surface area contributed by atoms with Crippen molar-refractivity contribution in [2.24, 2.45) is 0 Å². The smallest absolute Gasteiger partial charge is 0.407 e. The molecule has 0 heterocycles. The predicted octanol–water partition coefficient (Wildman–Crippen LogP) is 1.68. The summed E-state index contributed by atoms with van der Waals surface area (Å²) in [5.41, 5.74) is 0.930. The van der Waals surface area contributed by atoms with E-state index in [1.54, 1.807) is 0 Å². The van der Waals surface area contributed by atoms with E-state index < -0.39 is 12.1 Å². The molecule has 132 valence electrons. The van der Waals surface area contributed by atoms with E-state index in [9.17, 15) is 9.59 Å². The van der Waals surface area contributed by atoms with Gasteiger partial charge in [-0.1, -0.05) is 36.9 Å². The largest absolute Gasteiger partial charge is 0.460 e. The molecule has 0 unspecified atom stereocenters. The summed E-state index contributed by atoms with van der Waals surface area (Å²) in [5.74, 6) is -0.472. The highest BCUT2D eigenvalue weighted by Gasteiger charge is 2.01. The lowest BCUT2D eigenvalue weighted by atomic mass is 10.2. The molecule has 7 heteroatoms. The zero-order chi connectivity index (χ0) is 17.5. The molecule has 24 heavy (non-hydrogen) atoms. The Labute approximate surface area is 141 Å². The summed E-state index contributed by atoms with van der Waals surface area (Å²) in [6, 6.07) is 9.44. The summed E-state index contributed by atoms with van der Waals surface area (Å²) in [7, 11) is 0. The maximum Gasteiger partial charge on any atom is 0.407 e. The first-order valence-corrected chi connectivity index (χ1v) is 7.61. The highest BCUT2D eigenvalue weighted by atomic mass is 16.6. The molecular formula is C17H23NO6. The third kappa shape index (κ3) is 10.4. The molecule has 0 atom stereocenters. The van der Waals surface area contributed by atoms with Crippen molar-refractivity contribution in [3.8, 4) is 0 Å². The number of carbonyl (C=O) groups is 2. The van der Waals surface area contributed by atoms with Crippen LogP contribution in [-0.2, 0) is 30.3 Å². The molecule has 0 aliphatic rings. The zero-order valence-corrected chi connectivity index (χ0v) is 13.6. The van der Waals surface area contributed by atoms with Crippen LogP contribution < -0.4 is 5.32 Å². The van der Waals surface area contributed by atoms with Gasteiger partial charge in [0, 0.05) is 12.6 Å². The maximum atomic E-state index is 11.4. The van der Waals surface area contributed by atoms with Crippen LogP contribution in [0.2, 0.25) is 0 Å². The van der Waals surface area contributed by atoms with Crippen LogP contribution in [0.15, 0.2) is 43.0 Å². The van der Waals surface area contributed by atoms with Crippen molar-refractivity contribution in [2.45, 2.75) is 6.61 Å². The van der Waals surface area contributed by atoms with Crippen LogP contribution in [0, 0.1) is 0 Å². The predicted molar refractivity (Wildman–Crippen MR) is 87.4 cm³/mol. The number of carbonyl (C=O) groups excluding carboxylic acids is 2. The van der Waals surface area contributed by atoms with Gasteiger partial charge in [-0.3, -0.25) is 0 Å². The fraction of sp³-hybridized carbons (Fsp3) is 0.412. The minimum absolute atomic E-state index is 0.180. The fourth-order valence-corrected chi connectivity index (χ4v) is 1.58. The van der Waals surface area contributed by atoms with Crippen LogP contribution in [0.25, 0.3) is 0 Å². The average Bonchev–Trinajstić information content (AvgIpc) is 2.62. The Morgan fingerprint density at radius 1 is 0.958 bits per heavy atom. The SMILES string of the molecule is C=CC(=O)OCCOCCOCCNC(=O)OCc1ccccc1. The van der Waals surface area contributed by atoms with Gasteiger partial charge in [-0.15, -0.1) is 0 Å². The second-order valence-electron chi connectivity index (χ2n) is 4.58. The van der Waals surface area contributed by atoms with Crippen molar-refractivity contribution in [1.82, 2.24) is 5.32 Å². The Bertz CT molecular complexity index is 491. The molecule has 1 amide bonds. The van der Waals surface area contributed by atoms with Crippen LogP contribution in [0.1, 0.15) is 5.56 Å². The summed E-state index contributed by atoms with van der Waals surface area (Å²) in [5, 5.41) is 2.59. The lowest BCUT2D eigenvalue weighted by Crippen LogP contribution is -2.28. The molecule has 0 bridgehead atoms. The van der Waals surface area contributed by atoms with Gasteiger partial charge in [0.1, 0.15) is 13.2 Å². The highest BCUT2D eigenvalue weighted by Crippen LogP contribution is 2.00. The molecule has 0 spiro atoms. The number of ether oxygens (including phenoxy) is 4. The van der Waals surface area contributed by atoms with Gasteiger partial charge in [0.2, 0.25) is 0 Å². The van der Waals surface area contributed by atoms with E-state index in [1.807, 2.05) is 30.3 Å². The number of esters is 1. The molecule has 1 aromatic rings. The van der Waals surface area contributed by atoms with Gasteiger partial charge in [0.05, 0.1) is 26.4 Å². The number of alkyl carbamates (subject to hydrolysis) is 1. The average molecular weight is 337 g/mol. The summed E-state index contributed by atoms with van der Waals surface area (Å²) >= 11 is 0. The number of nitrogens with one attached hydrogen (secondary N) is 1. The number of hydrogen-bond donors (Lipinski definition) is 1. The molecule has 0 aliphatic heterocycles. The number of hydrogen-bond acceptors (Lipinski definition) is 6. The maximum absolute atomic E-state index is 11.4. The summed E-state index contributed by atoms with van der Waals surface area (Å²) in [6.45, 7) is 5.47. The lowest BCUT2D eigenvalue weighted by Gasteiger charge is -2.08. The van der Waals surface area contributed by atoms with E-state index in [1.165, 1.54) is 0 Å². The van der Waals surface area contributed by atoms with Crippen molar-refractivity contribution in [2.75, 3.05) is 39.6 Å². The van der Waals surface area contributed by atoms with Crippen molar-refractivity contribution >= 4 is 12.1 Å². The van der Waals surface area contributed by atoms with Gasteiger partial charge < -0.3 is 24.3 Å². The molecule has 0 aromatic heterocycles. The van der Waals surface area contributed by atoms with Crippen LogP contribution in [0.4, 0.5) is 4.79 Å². The van der Waals surface area contributed by atoms with Crippen molar-refractivity contribution in [1.29, 1.82) is 0 Å². The summed E-state index contributed by atoms with van der Waals surface area (Å²) in [4.78, 5) is 22.2. The fourth-order valence-electron chi connectivity index (χ4n) is 1.58. The first-order chi connectivity index (χ1) is 11.7. The second-order valence-corrected chi connectivity index (χ2v) is 4.58. The minimum Gasteiger partial charge on any atom is -0.460 e. The summed E-state index contributed by atoms with van der Waals surface area (Å²) < 4.78 is 20.3. The van der Waals surface area contributed by atoms with Crippen LogP contribution in [0.5, 0.6) is 0 Å². The molecule has 0 saturated heterocycles. The van der Waals surface area contributed by atoms with Gasteiger partial charge in [0.25, 0.3) is 0 Å². The number of benzene rings is 1. The molecule has 0 fully saturated rings. The molecule has 0 radical (unpaired) electrons. The van der Waals surface area contributed by atoms with Crippen molar-refractivity contribution in [3.05, 3.63) is 48.6 Å². The molecule has 1 rings (SSSR count). The Hall–Kier alpha value is -2.38. The quantitative estimate of drug-likeness (QED) is 0.355. The number of amides is 1. The zero-order valence-electron chi connectivity index (χ0n) is 13.6. The standard InChI is InChI=1S/C17H23NO6/c1-2-16(19)23-13-12-22-11-10-21-9-8-18-17(20)24-14-15-6-4-3-5-7-15/h2-7H,1,8-14H2,(H,18,20). The lowest BCUT2D eigenvalue weighted by molar-refractivity contribution is -0.139. The van der Waals surface area contributed by atoms with Gasteiger partial charge >= 0.3 is 12.1 Å². The summed E-state index contributed by atoms with van der Waals surface area (Å²) in [6.07, 6.45) is 0.615. The van der Waals surface area contributed by atoms with E-state index in [-0.39, 0.29) is 13.2 Å². The van der Waals surface area contributed by atoms with E-state index in [2.05, 4.69) is 11.9 Å². The molecule has 7 nitrogen and oxygen atoms in total. The third-order valence-corrected chi connectivity index (χ3v) is 2.74. The monoisotopic (exact) mass is 337 g/mol. The molecule has 0 aliphatic carbocycles. The van der Waals surface area contributed by atoms with Gasteiger partial charge in [-0.2, -0.15) is 0 Å². The Morgan fingerprint density at radius 3 is 2.33 bits per heavy atom. The van der Waals surface area contributed by atoms with Crippen molar-refractivity contribution in [3.63, 3.8) is 0 Å². The van der Waals surface area contributed by atoms with Gasteiger partial charge in [0.15, 0.2) is 0 Å². The molecule has 1 aromatic carbocycles. The van der Waals surface area contributed by atoms with Gasteiger partial charge in [-0.25, -0.2) is 9.59 Å². The Balaban J connectivity index is 1.87. The van der Waals surface area contributed by atoms with Crippen LogP contribution >= 0.6 is 0 Å². The van der Waals surface area contributed by atoms with E-state index in [0.717, 1.165) is 11.6 Å². The normalized spacial score (nSPS) is 10.0. The first kappa shape index (κ1) is 19.7. The van der Waals surface area contributed by atoms with Gasteiger partial charge in [-0.05, 0) is 5.56 Å². The van der Waals surface area contributed by atoms with E-state index >= 15 is 0 Å². The first-order valence-electron chi connectivity index (χ1n) is 7.61. The third-order valence-electron chi connectivity index (χ3n) is 2.74. The van der Waals surface area contributed by atoms with E-state index in [4.69, 9.17) is 18.9 Å². The highest BCUT2D eigenvalue weighted by molar-refractivity contribution is 5.81. The second kappa shape index (κ2) is 13.1. The molecular weight excluding hydrogens is 314 g/mol. The van der Waals surface area contributed by atoms with Crippen LogP contribution in [0.3, 0.4) is 0 Å². The van der Waals surface area contributed by atoms with E-state index in [0.29, 0.717) is 33.0 Å². The minimum atomic E-state index is -0.484. The number of rotatable bonds is 12. The van der Waals surface area contributed by atoms with Crippen LogP contribution in [-0.4, -0.2) is 51.6 Å². The Kier molecular flexibility index (Phi) is 10.7. The topological polar surface area (TPSA) is 83.1 Å². The molecule has 1 N–H and O–H groups in total. The molecule has 0 saturated carbocycles.